The summed E-state index contributed by atoms with van der Waals surface area (Å²) in [6, 6.07) is 11.9. The first-order chi connectivity index (χ1) is 19.1. The standard InChI is InChI=1S/C28H29F3N4O4S/c1-16-11-35(12-17(2)39-16)21-5-3-4-18(8-21)23-14-40-27(33-23)34-24(36)10-32-25(37)19-6-7-20-13-38-15-28(31,26(29)30)22(20)9-19/h3-9,14,16-17,26H,10-13,15H2,1-2H3,(H,32,37)(H,33,34,36)/t16-,17+,28-/m1/s1. The number of carbonyl (C=O) groups is 2. The predicted molar refractivity (Wildman–Crippen MR) is 146 cm³/mol. The smallest absolute Gasteiger partial charge is 0.278 e. The molecule has 0 saturated carbocycles. The van der Waals surface area contributed by atoms with Gasteiger partial charge in [0.25, 0.3) is 12.3 Å². The first-order valence-corrected chi connectivity index (χ1v) is 13.7. The third kappa shape index (κ3) is 5.98. The molecule has 1 fully saturated rings. The van der Waals surface area contributed by atoms with Gasteiger partial charge >= 0.3 is 0 Å². The number of rotatable bonds is 7. The summed E-state index contributed by atoms with van der Waals surface area (Å²) < 4.78 is 52.5. The maximum atomic E-state index is 14.9. The molecule has 0 unspecified atom stereocenters. The van der Waals surface area contributed by atoms with Gasteiger partial charge in [0.15, 0.2) is 5.13 Å². The molecule has 3 aromatic rings. The maximum Gasteiger partial charge on any atom is 0.278 e. The SMILES string of the molecule is C[C@@H]1CN(c2cccc(-c3csc(NC(=O)CNC(=O)c4ccc5c(c4)[C@@](F)(C(F)F)COC5)n3)c2)C[C@H](C)O1. The molecule has 0 bridgehead atoms. The van der Waals surface area contributed by atoms with Gasteiger partial charge in [-0.1, -0.05) is 18.2 Å². The van der Waals surface area contributed by atoms with E-state index >= 15 is 0 Å². The van der Waals surface area contributed by atoms with Crippen molar-refractivity contribution in [2.45, 2.75) is 44.8 Å². The molecule has 8 nitrogen and oxygen atoms in total. The average molecular weight is 575 g/mol. The minimum Gasteiger partial charge on any atom is -0.373 e. The molecule has 2 amide bonds. The van der Waals surface area contributed by atoms with Crippen LogP contribution in [-0.2, 0) is 26.5 Å². The van der Waals surface area contributed by atoms with Crippen molar-refractivity contribution >= 4 is 34.0 Å². The van der Waals surface area contributed by atoms with E-state index in [-0.39, 0.29) is 42.0 Å². The lowest BCUT2D eigenvalue weighted by Crippen LogP contribution is -2.45. The van der Waals surface area contributed by atoms with E-state index in [9.17, 15) is 22.8 Å². The Morgan fingerprint density at radius 2 is 1.95 bits per heavy atom. The number of anilines is 2. The molecule has 5 rings (SSSR count). The Labute approximate surface area is 233 Å². The largest absolute Gasteiger partial charge is 0.373 e. The summed E-state index contributed by atoms with van der Waals surface area (Å²) in [5.41, 5.74) is -0.384. The molecule has 0 radical (unpaired) electrons. The fraction of sp³-hybridized carbons (Fsp3) is 0.393. The zero-order valence-corrected chi connectivity index (χ0v) is 22.8. The van der Waals surface area contributed by atoms with Crippen LogP contribution in [0.15, 0.2) is 47.8 Å². The van der Waals surface area contributed by atoms with Gasteiger partial charge in [-0.05, 0) is 43.7 Å². The Morgan fingerprint density at radius 3 is 2.70 bits per heavy atom. The van der Waals surface area contributed by atoms with Crippen LogP contribution in [0.25, 0.3) is 11.3 Å². The second-order valence-electron chi connectivity index (χ2n) is 10.0. The molecule has 40 heavy (non-hydrogen) atoms. The Morgan fingerprint density at radius 1 is 1.18 bits per heavy atom. The van der Waals surface area contributed by atoms with Crippen LogP contribution >= 0.6 is 11.3 Å². The molecule has 0 spiro atoms. The van der Waals surface area contributed by atoms with Gasteiger partial charge in [0.05, 0.1) is 37.7 Å². The van der Waals surface area contributed by atoms with Crippen LogP contribution in [0.4, 0.5) is 24.0 Å². The third-order valence-electron chi connectivity index (χ3n) is 6.82. The zero-order chi connectivity index (χ0) is 28.4. The number of nitrogens with one attached hydrogen (secondary N) is 2. The molecule has 2 N–H and O–H groups in total. The first kappa shape index (κ1) is 28.1. The summed E-state index contributed by atoms with van der Waals surface area (Å²) in [5, 5.41) is 7.29. The van der Waals surface area contributed by atoms with E-state index in [0.717, 1.165) is 30.4 Å². The van der Waals surface area contributed by atoms with Gasteiger partial charge in [-0.15, -0.1) is 11.3 Å². The van der Waals surface area contributed by atoms with Crippen molar-refractivity contribution in [3.05, 3.63) is 64.5 Å². The maximum absolute atomic E-state index is 14.9. The highest BCUT2D eigenvalue weighted by Gasteiger charge is 2.46. The third-order valence-corrected chi connectivity index (χ3v) is 7.58. The van der Waals surface area contributed by atoms with E-state index in [2.05, 4.69) is 40.4 Å². The van der Waals surface area contributed by atoms with Crippen LogP contribution in [-0.4, -0.2) is 61.7 Å². The number of nitrogens with zero attached hydrogens (tertiary/aromatic N) is 2. The van der Waals surface area contributed by atoms with Crippen LogP contribution in [0.2, 0.25) is 0 Å². The van der Waals surface area contributed by atoms with Crippen molar-refractivity contribution in [2.75, 3.05) is 36.5 Å². The highest BCUT2D eigenvalue weighted by Crippen LogP contribution is 2.39. The van der Waals surface area contributed by atoms with Crippen molar-refractivity contribution in [3.8, 4) is 11.3 Å². The number of ether oxygens (including phenoxy) is 2. The number of benzene rings is 2. The summed E-state index contributed by atoms with van der Waals surface area (Å²) in [6.45, 7) is 4.48. The molecular weight excluding hydrogens is 545 g/mol. The second kappa shape index (κ2) is 11.6. The van der Waals surface area contributed by atoms with Gasteiger partial charge in [0.1, 0.15) is 0 Å². The number of halogens is 3. The average Bonchev–Trinajstić information content (AvgIpc) is 3.39. The number of morpholine rings is 1. The number of carbonyl (C=O) groups excluding carboxylic acids is 2. The summed E-state index contributed by atoms with van der Waals surface area (Å²) in [6.07, 6.45) is -3.05. The van der Waals surface area contributed by atoms with Gasteiger partial charge in [-0.2, -0.15) is 0 Å². The van der Waals surface area contributed by atoms with Gasteiger partial charge in [-0.25, -0.2) is 18.2 Å². The number of fused-ring (bicyclic) bond motifs is 1. The fourth-order valence-electron chi connectivity index (χ4n) is 4.94. The minimum atomic E-state index is -3.31. The number of thiazole rings is 1. The summed E-state index contributed by atoms with van der Waals surface area (Å²) in [7, 11) is 0. The fourth-order valence-corrected chi connectivity index (χ4v) is 5.67. The van der Waals surface area contributed by atoms with E-state index in [1.54, 1.807) is 0 Å². The molecule has 2 aliphatic heterocycles. The normalized spacial score (nSPS) is 22.6. The molecule has 0 aliphatic carbocycles. The van der Waals surface area contributed by atoms with E-state index in [1.165, 1.54) is 23.5 Å². The van der Waals surface area contributed by atoms with E-state index < -0.39 is 30.5 Å². The zero-order valence-electron chi connectivity index (χ0n) is 22.0. The Hall–Kier alpha value is -3.48. The Kier molecular flexibility index (Phi) is 8.11. The molecule has 3 heterocycles. The van der Waals surface area contributed by atoms with E-state index in [4.69, 9.17) is 9.47 Å². The van der Waals surface area contributed by atoms with Crippen molar-refractivity contribution in [3.63, 3.8) is 0 Å². The second-order valence-corrected chi connectivity index (χ2v) is 10.9. The van der Waals surface area contributed by atoms with Gasteiger partial charge in [0.2, 0.25) is 11.6 Å². The minimum absolute atomic E-state index is 0.0241. The van der Waals surface area contributed by atoms with Gasteiger partial charge in [-0.3, -0.25) is 9.59 Å². The lowest BCUT2D eigenvalue weighted by molar-refractivity contribution is -0.115. The molecule has 1 aromatic heterocycles. The topological polar surface area (TPSA) is 92.8 Å². The first-order valence-electron chi connectivity index (χ1n) is 12.8. The van der Waals surface area contributed by atoms with Crippen molar-refractivity contribution in [1.29, 1.82) is 0 Å². The summed E-state index contributed by atoms with van der Waals surface area (Å²) >= 11 is 1.25. The molecule has 212 valence electrons. The lowest BCUT2D eigenvalue weighted by atomic mass is 9.89. The van der Waals surface area contributed by atoms with Crippen molar-refractivity contribution in [1.82, 2.24) is 10.3 Å². The predicted octanol–water partition coefficient (Wildman–Crippen LogP) is 4.75. The summed E-state index contributed by atoms with van der Waals surface area (Å²) in [5.74, 6) is -1.21. The highest BCUT2D eigenvalue weighted by molar-refractivity contribution is 7.14. The van der Waals surface area contributed by atoms with Crippen LogP contribution < -0.4 is 15.5 Å². The molecular formula is C28H29F3N4O4S. The van der Waals surface area contributed by atoms with Crippen molar-refractivity contribution < 1.29 is 32.2 Å². The lowest BCUT2D eigenvalue weighted by Gasteiger charge is -2.37. The Bertz CT molecular complexity index is 1390. The molecule has 3 atom stereocenters. The summed E-state index contributed by atoms with van der Waals surface area (Å²) in [4.78, 5) is 31.9. The number of aromatic nitrogens is 1. The molecule has 2 aromatic carbocycles. The Balaban J connectivity index is 1.19. The van der Waals surface area contributed by atoms with Crippen LogP contribution in [0.1, 0.15) is 35.3 Å². The number of alkyl halides is 3. The van der Waals surface area contributed by atoms with E-state index in [1.807, 2.05) is 23.6 Å². The number of hydrogen-bond acceptors (Lipinski definition) is 7. The van der Waals surface area contributed by atoms with Gasteiger partial charge < -0.3 is 25.0 Å². The van der Waals surface area contributed by atoms with Gasteiger partial charge in [0, 0.05) is 40.8 Å². The van der Waals surface area contributed by atoms with E-state index in [0.29, 0.717) is 10.8 Å². The van der Waals surface area contributed by atoms with Crippen LogP contribution in [0.3, 0.4) is 0 Å². The monoisotopic (exact) mass is 574 g/mol. The molecule has 12 heteroatoms. The molecule has 2 aliphatic rings. The van der Waals surface area contributed by atoms with Crippen molar-refractivity contribution in [2.24, 2.45) is 0 Å². The number of hydrogen-bond donors (Lipinski definition) is 2. The highest BCUT2D eigenvalue weighted by atomic mass is 32.1. The number of amides is 2. The van der Waals surface area contributed by atoms with Crippen LogP contribution in [0, 0.1) is 0 Å². The quantitative estimate of drug-likeness (QED) is 0.423. The van der Waals surface area contributed by atoms with Crippen LogP contribution in [0.5, 0.6) is 0 Å². The molecule has 1 saturated heterocycles.